The monoisotopic (exact) mass is 227 g/mol. The number of rotatable bonds is 4. The summed E-state index contributed by atoms with van der Waals surface area (Å²) in [5, 5.41) is 2.12. The van der Waals surface area contributed by atoms with Crippen LogP contribution in [-0.4, -0.2) is 12.6 Å². The predicted octanol–water partition coefficient (Wildman–Crippen LogP) is 3.60. The summed E-state index contributed by atoms with van der Waals surface area (Å²) >= 11 is 0. The molecule has 2 heteroatoms. The van der Waals surface area contributed by atoms with Gasteiger partial charge in [0.25, 0.3) is 0 Å². The second kappa shape index (κ2) is 5.48. The summed E-state index contributed by atoms with van der Waals surface area (Å²) < 4.78 is 5.17. The first-order chi connectivity index (χ1) is 8.31. The van der Waals surface area contributed by atoms with Crippen LogP contribution < -0.4 is 0 Å². The van der Waals surface area contributed by atoms with Crippen LogP contribution in [0.1, 0.15) is 30.1 Å². The van der Waals surface area contributed by atoms with Crippen molar-refractivity contribution in [3.05, 3.63) is 48.0 Å². The molecular weight excluding hydrogens is 212 g/mol. The highest BCUT2D eigenvalue weighted by atomic mass is 16.5. The van der Waals surface area contributed by atoms with Gasteiger partial charge in [-0.2, -0.15) is 0 Å². The number of fused-ring (bicyclic) bond motifs is 1. The second-order valence-electron chi connectivity index (χ2n) is 3.98. The third-order valence-corrected chi connectivity index (χ3v) is 2.65. The average Bonchev–Trinajstić information content (AvgIpc) is 2.38. The number of ether oxygens (including phenoxy) is 1. The first kappa shape index (κ1) is 11.6. The fourth-order valence-corrected chi connectivity index (χ4v) is 1.65. The fourth-order valence-electron chi connectivity index (χ4n) is 1.65. The molecule has 17 heavy (non-hydrogen) atoms. The molecule has 0 heterocycles. The average molecular weight is 227 g/mol. The first-order valence-corrected chi connectivity index (χ1v) is 5.88. The van der Waals surface area contributed by atoms with E-state index in [1.165, 1.54) is 0 Å². The van der Waals surface area contributed by atoms with Gasteiger partial charge >= 0.3 is 5.97 Å². The van der Waals surface area contributed by atoms with Gasteiger partial charge in [-0.05, 0) is 41.5 Å². The van der Waals surface area contributed by atoms with Gasteiger partial charge in [-0.1, -0.05) is 31.5 Å². The van der Waals surface area contributed by atoms with Crippen LogP contribution in [0.15, 0.2) is 36.4 Å². The van der Waals surface area contributed by atoms with Gasteiger partial charge in [0.05, 0.1) is 12.2 Å². The van der Waals surface area contributed by atoms with Crippen LogP contribution in [0.5, 0.6) is 0 Å². The lowest BCUT2D eigenvalue weighted by Gasteiger charge is -2.04. The van der Waals surface area contributed by atoms with Crippen LogP contribution in [0.4, 0.5) is 0 Å². The van der Waals surface area contributed by atoms with Crippen molar-refractivity contribution in [2.45, 2.75) is 19.8 Å². The maximum atomic E-state index is 11.7. The molecule has 0 saturated carbocycles. The molecular formula is C15H15O2. The molecule has 0 saturated heterocycles. The Hall–Kier alpha value is -1.83. The number of esters is 1. The zero-order valence-electron chi connectivity index (χ0n) is 9.90. The molecule has 0 aromatic heterocycles. The maximum Gasteiger partial charge on any atom is 0.338 e. The molecule has 0 atom stereocenters. The molecule has 1 radical (unpaired) electrons. The zero-order chi connectivity index (χ0) is 12.1. The summed E-state index contributed by atoms with van der Waals surface area (Å²) in [6.45, 7) is 2.57. The Bertz CT molecular complexity index is 517. The SMILES string of the molecule is CCCCOC(=O)c1ccc2c[c]ccc2c1. The highest BCUT2D eigenvalue weighted by Crippen LogP contribution is 2.16. The molecule has 0 unspecified atom stereocenters. The zero-order valence-corrected chi connectivity index (χ0v) is 9.90. The Kier molecular flexibility index (Phi) is 3.76. The summed E-state index contributed by atoms with van der Waals surface area (Å²) in [6.07, 6.45) is 1.94. The van der Waals surface area contributed by atoms with Crippen LogP contribution in [0.2, 0.25) is 0 Å². The van der Waals surface area contributed by atoms with Gasteiger partial charge in [0, 0.05) is 0 Å². The van der Waals surface area contributed by atoms with E-state index in [9.17, 15) is 4.79 Å². The summed E-state index contributed by atoms with van der Waals surface area (Å²) in [6, 6.07) is 14.3. The molecule has 0 bridgehead atoms. The number of benzene rings is 2. The molecule has 0 aliphatic heterocycles. The molecule has 2 aromatic carbocycles. The summed E-state index contributed by atoms with van der Waals surface area (Å²) in [5.74, 6) is -0.242. The standard InChI is InChI=1S/C15H15O2/c1-2-3-10-17-15(16)14-9-8-12-6-4-5-7-13(12)11-14/h5-9,11H,2-3,10H2,1H3. The van der Waals surface area contributed by atoms with Gasteiger partial charge < -0.3 is 4.74 Å². The van der Waals surface area contributed by atoms with Crippen molar-refractivity contribution in [3.8, 4) is 0 Å². The minimum Gasteiger partial charge on any atom is -0.462 e. The van der Waals surface area contributed by atoms with Crippen LogP contribution in [0, 0.1) is 6.07 Å². The summed E-state index contributed by atoms with van der Waals surface area (Å²) in [4.78, 5) is 11.7. The van der Waals surface area contributed by atoms with Crippen molar-refractivity contribution in [2.75, 3.05) is 6.61 Å². The lowest BCUT2D eigenvalue weighted by atomic mass is 10.1. The van der Waals surface area contributed by atoms with E-state index in [1.807, 2.05) is 30.3 Å². The van der Waals surface area contributed by atoms with Crippen molar-refractivity contribution in [3.63, 3.8) is 0 Å². The highest BCUT2D eigenvalue weighted by molar-refractivity contribution is 5.95. The van der Waals surface area contributed by atoms with Crippen LogP contribution >= 0.6 is 0 Å². The number of hydrogen-bond donors (Lipinski definition) is 0. The number of carbonyl (C=O) groups is 1. The molecule has 2 aromatic rings. The maximum absolute atomic E-state index is 11.7. The van der Waals surface area contributed by atoms with Crippen molar-refractivity contribution in [1.29, 1.82) is 0 Å². The van der Waals surface area contributed by atoms with Crippen molar-refractivity contribution >= 4 is 16.7 Å². The molecule has 0 aliphatic carbocycles. The molecule has 0 spiro atoms. The number of hydrogen-bond acceptors (Lipinski definition) is 2. The van der Waals surface area contributed by atoms with E-state index in [0.717, 1.165) is 23.6 Å². The van der Waals surface area contributed by atoms with Gasteiger partial charge in [-0.15, -0.1) is 0 Å². The van der Waals surface area contributed by atoms with Crippen LogP contribution in [0.3, 0.4) is 0 Å². The third kappa shape index (κ3) is 2.84. The van der Waals surface area contributed by atoms with Crippen LogP contribution in [-0.2, 0) is 4.74 Å². The Morgan fingerprint density at radius 3 is 3.00 bits per heavy atom. The Morgan fingerprint density at radius 1 is 1.29 bits per heavy atom. The van der Waals surface area contributed by atoms with Gasteiger partial charge in [-0.25, -0.2) is 4.79 Å². The van der Waals surface area contributed by atoms with E-state index in [4.69, 9.17) is 4.74 Å². The molecule has 0 amide bonds. The predicted molar refractivity (Wildman–Crippen MR) is 68.0 cm³/mol. The molecule has 0 N–H and O–H groups in total. The topological polar surface area (TPSA) is 26.3 Å². The van der Waals surface area contributed by atoms with Gasteiger partial charge in [0.2, 0.25) is 0 Å². The fraction of sp³-hybridized carbons (Fsp3) is 0.267. The van der Waals surface area contributed by atoms with E-state index >= 15 is 0 Å². The second-order valence-corrected chi connectivity index (χ2v) is 3.98. The Balaban J connectivity index is 2.15. The molecule has 2 rings (SSSR count). The van der Waals surface area contributed by atoms with E-state index in [2.05, 4.69) is 13.0 Å². The molecule has 87 valence electrons. The lowest BCUT2D eigenvalue weighted by Crippen LogP contribution is -2.06. The number of unbranched alkanes of at least 4 members (excludes halogenated alkanes) is 1. The largest absolute Gasteiger partial charge is 0.462 e. The van der Waals surface area contributed by atoms with E-state index < -0.39 is 0 Å². The molecule has 2 nitrogen and oxygen atoms in total. The van der Waals surface area contributed by atoms with E-state index in [-0.39, 0.29) is 5.97 Å². The van der Waals surface area contributed by atoms with Gasteiger partial charge in [-0.3, -0.25) is 0 Å². The highest BCUT2D eigenvalue weighted by Gasteiger charge is 2.06. The number of carbonyl (C=O) groups excluding carboxylic acids is 1. The third-order valence-electron chi connectivity index (χ3n) is 2.65. The normalized spacial score (nSPS) is 10.4. The summed E-state index contributed by atoms with van der Waals surface area (Å²) in [7, 11) is 0. The van der Waals surface area contributed by atoms with Crippen LogP contribution in [0.25, 0.3) is 10.8 Å². The van der Waals surface area contributed by atoms with Crippen molar-refractivity contribution in [1.82, 2.24) is 0 Å². The van der Waals surface area contributed by atoms with Gasteiger partial charge in [0.1, 0.15) is 0 Å². The Morgan fingerprint density at radius 2 is 2.18 bits per heavy atom. The quantitative estimate of drug-likeness (QED) is 0.589. The van der Waals surface area contributed by atoms with Crippen molar-refractivity contribution in [2.24, 2.45) is 0 Å². The first-order valence-electron chi connectivity index (χ1n) is 5.88. The van der Waals surface area contributed by atoms with Crippen molar-refractivity contribution < 1.29 is 9.53 Å². The Labute approximate surface area is 101 Å². The minimum atomic E-state index is -0.242. The summed E-state index contributed by atoms with van der Waals surface area (Å²) in [5.41, 5.74) is 0.611. The smallest absolute Gasteiger partial charge is 0.338 e. The van der Waals surface area contributed by atoms with E-state index in [1.54, 1.807) is 6.07 Å². The lowest BCUT2D eigenvalue weighted by molar-refractivity contribution is 0.0500. The molecule has 0 aliphatic rings. The minimum absolute atomic E-state index is 0.242. The van der Waals surface area contributed by atoms with Gasteiger partial charge in [0.15, 0.2) is 0 Å². The molecule has 0 fully saturated rings. The van der Waals surface area contributed by atoms with E-state index in [0.29, 0.717) is 12.2 Å².